The van der Waals surface area contributed by atoms with E-state index in [1.54, 1.807) is 34.9 Å². The van der Waals surface area contributed by atoms with Crippen LogP contribution in [0.3, 0.4) is 0 Å². The summed E-state index contributed by atoms with van der Waals surface area (Å²) in [5, 5.41) is 4.66. The van der Waals surface area contributed by atoms with Crippen LogP contribution in [0.4, 0.5) is 5.69 Å². The van der Waals surface area contributed by atoms with Gasteiger partial charge >= 0.3 is 0 Å². The van der Waals surface area contributed by atoms with Crippen LogP contribution in [0, 0.1) is 0 Å². The van der Waals surface area contributed by atoms with Crippen LogP contribution in [-0.4, -0.2) is 21.7 Å². The van der Waals surface area contributed by atoms with Gasteiger partial charge in [0.15, 0.2) is 0 Å². The van der Waals surface area contributed by atoms with E-state index in [9.17, 15) is 4.79 Å². The van der Waals surface area contributed by atoms with Gasteiger partial charge in [-0.2, -0.15) is 5.06 Å². The molecule has 0 N–H and O–H groups in total. The van der Waals surface area contributed by atoms with Crippen LogP contribution >= 0.6 is 23.2 Å². The smallest absolute Gasteiger partial charge is 0.259 e. The van der Waals surface area contributed by atoms with Gasteiger partial charge in [-0.15, -0.1) is 0 Å². The number of aliphatic imine (C=N–C) groups is 1. The summed E-state index contributed by atoms with van der Waals surface area (Å²) in [6, 6.07) is 23.0. The number of anilines is 1. The number of hydrogen-bond acceptors (Lipinski definition) is 4. The Bertz CT molecular complexity index is 1720. The highest BCUT2D eigenvalue weighted by molar-refractivity contribution is 6.36. The Labute approximate surface area is 211 Å². The second-order valence-corrected chi connectivity index (χ2v) is 9.33. The van der Waals surface area contributed by atoms with Gasteiger partial charge < -0.3 is 9.40 Å². The van der Waals surface area contributed by atoms with Crippen LogP contribution in [0.2, 0.25) is 10.0 Å². The average Bonchev–Trinajstić information content (AvgIpc) is 3.46. The fourth-order valence-electron chi connectivity index (χ4n) is 4.68. The number of rotatable bonds is 3. The van der Waals surface area contributed by atoms with Gasteiger partial charge in [-0.3, -0.25) is 9.36 Å². The Morgan fingerprint density at radius 2 is 1.66 bits per heavy atom. The molecule has 0 bridgehead atoms. The molecule has 3 aromatic carbocycles. The fraction of sp³-hybridized carbons (Fsp3) is 0.111. The second kappa shape index (κ2) is 8.18. The molecule has 1 aliphatic heterocycles. The van der Waals surface area contributed by atoms with Gasteiger partial charge in [-0.25, -0.2) is 4.99 Å². The molecule has 0 aliphatic carbocycles. The first-order valence-corrected chi connectivity index (χ1v) is 11.8. The molecule has 0 atom stereocenters. The Hall–Kier alpha value is -3.74. The molecular formula is C27H20Cl2N4O2. The zero-order chi connectivity index (χ0) is 24.3. The van der Waals surface area contributed by atoms with Crippen molar-refractivity contribution in [1.82, 2.24) is 9.13 Å². The van der Waals surface area contributed by atoms with E-state index in [2.05, 4.69) is 11.1 Å². The van der Waals surface area contributed by atoms with Crippen molar-refractivity contribution in [2.24, 2.45) is 19.1 Å². The van der Waals surface area contributed by atoms with Crippen molar-refractivity contribution in [3.05, 3.63) is 98.8 Å². The van der Waals surface area contributed by atoms with Crippen LogP contribution in [0.25, 0.3) is 33.1 Å². The number of nitrogens with zero attached hydrogens (tertiary/aromatic N) is 4. The van der Waals surface area contributed by atoms with Crippen molar-refractivity contribution in [2.45, 2.75) is 0 Å². The van der Waals surface area contributed by atoms with Crippen LogP contribution in [0.15, 0.2) is 82.6 Å². The highest BCUT2D eigenvalue weighted by atomic mass is 35.5. The molecule has 6 nitrogen and oxygen atoms in total. The second-order valence-electron chi connectivity index (χ2n) is 8.48. The molecule has 0 unspecified atom stereocenters. The third kappa shape index (κ3) is 3.49. The van der Waals surface area contributed by atoms with E-state index >= 15 is 0 Å². The predicted molar refractivity (Wildman–Crippen MR) is 143 cm³/mol. The number of hydroxylamine groups is 1. The Kier molecular flexibility index (Phi) is 5.09. The molecule has 5 aromatic rings. The molecule has 8 heteroatoms. The first-order valence-electron chi connectivity index (χ1n) is 11.1. The largest absolute Gasteiger partial charge is 0.357 e. The number of aryl methyl sites for hydroxylation is 2. The molecule has 0 fully saturated rings. The minimum atomic E-state index is -0.128. The van der Waals surface area contributed by atoms with Crippen molar-refractivity contribution in [2.75, 3.05) is 11.7 Å². The zero-order valence-electron chi connectivity index (χ0n) is 19.0. The number of benzene rings is 3. The van der Waals surface area contributed by atoms with Crippen LogP contribution in [0.5, 0.6) is 0 Å². The number of halogens is 2. The molecular weight excluding hydrogens is 483 g/mol. The Morgan fingerprint density at radius 3 is 2.43 bits per heavy atom. The quantitative estimate of drug-likeness (QED) is 0.296. The highest BCUT2D eigenvalue weighted by Crippen LogP contribution is 2.35. The minimum absolute atomic E-state index is 0.128. The monoisotopic (exact) mass is 502 g/mol. The maximum Gasteiger partial charge on any atom is 0.259 e. The summed E-state index contributed by atoms with van der Waals surface area (Å²) in [6.45, 7) is 0.393. The predicted octanol–water partition coefficient (Wildman–Crippen LogP) is 6.16. The first kappa shape index (κ1) is 21.8. The normalized spacial score (nSPS) is 13.5. The Balaban J connectivity index is 1.49. The van der Waals surface area contributed by atoms with E-state index in [1.807, 2.05) is 60.1 Å². The van der Waals surface area contributed by atoms with Gasteiger partial charge in [-0.05, 0) is 48.5 Å². The van der Waals surface area contributed by atoms with Crippen LogP contribution < -0.4 is 10.6 Å². The molecule has 3 heterocycles. The maximum absolute atomic E-state index is 13.3. The average molecular weight is 503 g/mol. The van der Waals surface area contributed by atoms with Crippen LogP contribution in [0.1, 0.15) is 5.56 Å². The van der Waals surface area contributed by atoms with E-state index in [-0.39, 0.29) is 5.56 Å². The molecule has 2 aromatic heterocycles. The van der Waals surface area contributed by atoms with Gasteiger partial charge in [0.2, 0.25) is 0 Å². The number of hydrogen-bond donors (Lipinski definition) is 0. The molecule has 0 radical (unpaired) electrons. The molecule has 0 saturated heterocycles. The summed E-state index contributed by atoms with van der Waals surface area (Å²) in [5.41, 5.74) is 4.67. The Morgan fingerprint density at radius 1 is 0.857 bits per heavy atom. The third-order valence-electron chi connectivity index (χ3n) is 6.40. The van der Waals surface area contributed by atoms with E-state index < -0.39 is 0 Å². The number of fused-ring (bicyclic) bond motifs is 3. The van der Waals surface area contributed by atoms with Gasteiger partial charge in [0, 0.05) is 46.6 Å². The van der Waals surface area contributed by atoms with E-state index in [4.69, 9.17) is 28.0 Å². The van der Waals surface area contributed by atoms with Gasteiger partial charge in [0.1, 0.15) is 12.3 Å². The van der Waals surface area contributed by atoms with E-state index in [0.717, 1.165) is 33.2 Å². The van der Waals surface area contributed by atoms with E-state index in [0.29, 0.717) is 33.7 Å². The number of pyridine rings is 1. The summed E-state index contributed by atoms with van der Waals surface area (Å²) in [6.07, 6.45) is 0. The summed E-state index contributed by atoms with van der Waals surface area (Å²) < 4.78 is 3.69. The van der Waals surface area contributed by atoms with Gasteiger partial charge in [-0.1, -0.05) is 47.5 Å². The van der Waals surface area contributed by atoms with Crippen molar-refractivity contribution in [1.29, 1.82) is 0 Å². The first-order chi connectivity index (χ1) is 16.9. The van der Waals surface area contributed by atoms with Crippen LogP contribution in [-0.2, 0) is 18.9 Å². The third-order valence-corrected chi connectivity index (χ3v) is 6.95. The van der Waals surface area contributed by atoms with Gasteiger partial charge in [0.25, 0.3) is 11.5 Å². The van der Waals surface area contributed by atoms with Gasteiger partial charge in [0.05, 0.1) is 16.2 Å². The molecule has 6 rings (SSSR count). The lowest BCUT2D eigenvalue weighted by molar-refractivity contribution is 0.300. The fourth-order valence-corrected chi connectivity index (χ4v) is 5.19. The summed E-state index contributed by atoms with van der Waals surface area (Å²) in [5.74, 6) is 0.589. The molecule has 1 aliphatic rings. The van der Waals surface area contributed by atoms with E-state index in [1.165, 1.54) is 0 Å². The van der Waals surface area contributed by atoms with Crippen molar-refractivity contribution in [3.63, 3.8) is 0 Å². The molecule has 174 valence electrons. The maximum atomic E-state index is 13.3. The lowest BCUT2D eigenvalue weighted by Gasteiger charge is -2.16. The summed E-state index contributed by atoms with van der Waals surface area (Å²) >= 11 is 12.5. The summed E-state index contributed by atoms with van der Waals surface area (Å²) in [7, 11) is 3.74. The molecule has 0 saturated carbocycles. The topological polar surface area (TPSA) is 51.8 Å². The zero-order valence-corrected chi connectivity index (χ0v) is 20.5. The van der Waals surface area contributed by atoms with Crippen molar-refractivity contribution in [3.8, 4) is 11.1 Å². The molecule has 35 heavy (non-hydrogen) atoms. The molecule has 0 amide bonds. The minimum Gasteiger partial charge on any atom is -0.357 e. The highest BCUT2D eigenvalue weighted by Gasteiger charge is 2.22. The van der Waals surface area contributed by atoms with Crippen molar-refractivity contribution >= 4 is 56.7 Å². The van der Waals surface area contributed by atoms with Crippen molar-refractivity contribution < 1.29 is 4.84 Å². The SMILES string of the molecule is Cn1c(=O)c(-c2ccc(Cl)cc2Cl)cc2c3cc(N4CN=C(c5ccccc5)O4)ccc3n(C)c21. The number of aromatic nitrogens is 2. The molecule has 0 spiro atoms. The summed E-state index contributed by atoms with van der Waals surface area (Å²) in [4.78, 5) is 23.9. The standard InChI is InChI=1S/C27H20Cl2N4O2/c1-31-24-11-9-18(33-15-30-25(35-33)16-6-4-3-5-7-16)13-20(24)21-14-22(27(34)32(2)26(21)31)19-10-8-17(28)12-23(19)29/h3-14H,15H2,1-2H3. The lowest BCUT2D eigenvalue weighted by atomic mass is 10.0. The lowest BCUT2D eigenvalue weighted by Crippen LogP contribution is -2.20.